The molecule has 1 heterocycles. The van der Waals surface area contributed by atoms with Gasteiger partial charge in [0.2, 0.25) is 5.91 Å². The van der Waals surface area contributed by atoms with Crippen LogP contribution < -0.4 is 16.0 Å². The van der Waals surface area contributed by atoms with Gasteiger partial charge in [0.25, 0.3) is 0 Å². The molecule has 6 nitrogen and oxygen atoms in total. The molecule has 2 rings (SSSR count). The van der Waals surface area contributed by atoms with Crippen LogP contribution in [0.3, 0.4) is 0 Å². The molecule has 0 fully saturated rings. The van der Waals surface area contributed by atoms with E-state index in [0.29, 0.717) is 24.2 Å². The molecule has 2 aromatic rings. The first kappa shape index (κ1) is 17.5. The smallest absolute Gasteiger partial charge is 0.319 e. The van der Waals surface area contributed by atoms with Gasteiger partial charge in [0.15, 0.2) is 0 Å². The third-order valence-electron chi connectivity index (χ3n) is 3.21. The molecule has 0 aliphatic heterocycles. The molecule has 0 bridgehead atoms. The Labute approximate surface area is 141 Å². The Kier molecular flexibility index (Phi) is 6.31. The number of nitrogens with zero attached hydrogens (tertiary/aromatic N) is 1. The number of aryl methyl sites for hydroxylation is 1. The maximum absolute atomic E-state index is 12.0. The van der Waals surface area contributed by atoms with Crippen LogP contribution in [0.1, 0.15) is 25.8 Å². The number of rotatable bonds is 6. The van der Waals surface area contributed by atoms with Gasteiger partial charge >= 0.3 is 6.03 Å². The first-order valence-electron chi connectivity index (χ1n) is 7.89. The normalized spacial score (nSPS) is 10.3. The fraction of sp³-hybridized carbons (Fsp3) is 0.278. The van der Waals surface area contributed by atoms with Crippen molar-refractivity contribution >= 4 is 23.3 Å². The molecule has 0 unspecified atom stereocenters. The van der Waals surface area contributed by atoms with Crippen molar-refractivity contribution in [3.8, 4) is 0 Å². The summed E-state index contributed by atoms with van der Waals surface area (Å²) in [5, 5.41) is 8.31. The van der Waals surface area contributed by atoms with Crippen LogP contribution in [-0.2, 0) is 11.2 Å². The van der Waals surface area contributed by atoms with Gasteiger partial charge in [-0.15, -0.1) is 0 Å². The molecule has 1 aromatic heterocycles. The predicted molar refractivity (Wildman–Crippen MR) is 94.9 cm³/mol. The van der Waals surface area contributed by atoms with Crippen LogP contribution in [0.5, 0.6) is 0 Å². The molecule has 24 heavy (non-hydrogen) atoms. The summed E-state index contributed by atoms with van der Waals surface area (Å²) in [5.74, 6) is -0.0582. The topological polar surface area (TPSA) is 83.1 Å². The van der Waals surface area contributed by atoms with Crippen molar-refractivity contribution in [2.24, 2.45) is 0 Å². The van der Waals surface area contributed by atoms with Crippen LogP contribution in [0.4, 0.5) is 16.2 Å². The molecule has 0 spiro atoms. The molecule has 3 amide bonds. The van der Waals surface area contributed by atoms with Gasteiger partial charge < -0.3 is 16.0 Å². The van der Waals surface area contributed by atoms with E-state index < -0.39 is 0 Å². The highest BCUT2D eigenvalue weighted by Gasteiger charge is 2.05. The summed E-state index contributed by atoms with van der Waals surface area (Å²) >= 11 is 0. The lowest BCUT2D eigenvalue weighted by atomic mass is 10.1. The fourth-order valence-corrected chi connectivity index (χ4v) is 2.09. The molecule has 6 heteroatoms. The summed E-state index contributed by atoms with van der Waals surface area (Å²) in [5.41, 5.74) is 2.39. The number of carbonyl (C=O) groups excluding carboxylic acids is 2. The zero-order valence-corrected chi connectivity index (χ0v) is 13.9. The molecule has 0 aliphatic rings. The zero-order chi connectivity index (χ0) is 17.4. The fourth-order valence-electron chi connectivity index (χ4n) is 2.09. The SMILES string of the molecule is CC(C)NC(=O)Nc1ccc(NC(=O)CCc2cccnc2)cc1. The van der Waals surface area contributed by atoms with Gasteiger partial charge in [0, 0.05) is 36.2 Å². The molecule has 3 N–H and O–H groups in total. The molecule has 0 saturated carbocycles. The number of nitrogens with one attached hydrogen (secondary N) is 3. The first-order chi connectivity index (χ1) is 11.5. The van der Waals surface area contributed by atoms with E-state index in [1.165, 1.54) is 0 Å². The van der Waals surface area contributed by atoms with Crippen LogP contribution in [-0.4, -0.2) is 23.0 Å². The van der Waals surface area contributed by atoms with Crippen molar-refractivity contribution in [2.45, 2.75) is 32.7 Å². The number of anilines is 2. The number of urea groups is 1. The second-order valence-corrected chi connectivity index (χ2v) is 5.74. The van der Waals surface area contributed by atoms with Crippen LogP contribution in [0.2, 0.25) is 0 Å². The Balaban J connectivity index is 1.80. The summed E-state index contributed by atoms with van der Waals surface area (Å²) in [6.07, 6.45) is 4.51. The van der Waals surface area contributed by atoms with Crippen molar-refractivity contribution in [1.82, 2.24) is 10.3 Å². The standard InChI is InChI=1S/C18H22N4O2/c1-13(2)20-18(24)22-16-8-6-15(7-9-16)21-17(23)10-5-14-4-3-11-19-12-14/h3-4,6-9,11-13H,5,10H2,1-2H3,(H,21,23)(H2,20,22,24). The molecule has 0 aliphatic carbocycles. The van der Waals surface area contributed by atoms with Gasteiger partial charge in [-0.1, -0.05) is 6.07 Å². The van der Waals surface area contributed by atoms with E-state index in [1.54, 1.807) is 36.7 Å². The second kappa shape index (κ2) is 8.67. The van der Waals surface area contributed by atoms with Crippen molar-refractivity contribution in [3.05, 3.63) is 54.4 Å². The highest BCUT2D eigenvalue weighted by Crippen LogP contribution is 2.14. The summed E-state index contributed by atoms with van der Waals surface area (Å²) in [7, 11) is 0. The maximum atomic E-state index is 12.0. The van der Waals surface area contributed by atoms with E-state index in [4.69, 9.17) is 0 Å². The second-order valence-electron chi connectivity index (χ2n) is 5.74. The van der Waals surface area contributed by atoms with Crippen LogP contribution >= 0.6 is 0 Å². The number of benzene rings is 1. The third-order valence-corrected chi connectivity index (χ3v) is 3.21. The quantitative estimate of drug-likeness (QED) is 0.762. The molecular formula is C18H22N4O2. The van der Waals surface area contributed by atoms with Gasteiger partial charge in [0.1, 0.15) is 0 Å². The average molecular weight is 326 g/mol. The lowest BCUT2D eigenvalue weighted by Gasteiger charge is -2.11. The van der Waals surface area contributed by atoms with Gasteiger partial charge in [-0.2, -0.15) is 0 Å². The number of amides is 3. The minimum Gasteiger partial charge on any atom is -0.336 e. The van der Waals surface area contributed by atoms with E-state index in [0.717, 1.165) is 5.56 Å². The van der Waals surface area contributed by atoms with Gasteiger partial charge in [0.05, 0.1) is 0 Å². The molecule has 0 atom stereocenters. The minimum absolute atomic E-state index is 0.0582. The van der Waals surface area contributed by atoms with E-state index in [2.05, 4.69) is 20.9 Å². The molecule has 0 saturated heterocycles. The van der Waals surface area contributed by atoms with Gasteiger partial charge in [-0.3, -0.25) is 9.78 Å². The number of hydrogen-bond acceptors (Lipinski definition) is 3. The Hall–Kier alpha value is -2.89. The van der Waals surface area contributed by atoms with Crippen LogP contribution in [0, 0.1) is 0 Å². The predicted octanol–water partition coefficient (Wildman–Crippen LogP) is 3.18. The van der Waals surface area contributed by atoms with E-state index >= 15 is 0 Å². The Bertz CT molecular complexity index is 669. The van der Waals surface area contributed by atoms with Crippen LogP contribution in [0.25, 0.3) is 0 Å². The summed E-state index contributed by atoms with van der Waals surface area (Å²) in [6.45, 7) is 3.79. The Morgan fingerprint density at radius 3 is 2.29 bits per heavy atom. The van der Waals surface area contributed by atoms with Crippen molar-refractivity contribution in [2.75, 3.05) is 10.6 Å². The molecular weight excluding hydrogens is 304 g/mol. The lowest BCUT2D eigenvalue weighted by Crippen LogP contribution is -2.34. The minimum atomic E-state index is -0.252. The largest absolute Gasteiger partial charge is 0.336 e. The first-order valence-corrected chi connectivity index (χ1v) is 7.89. The van der Waals surface area contributed by atoms with Crippen molar-refractivity contribution < 1.29 is 9.59 Å². The summed E-state index contributed by atoms with van der Waals surface area (Å²) < 4.78 is 0. The van der Waals surface area contributed by atoms with Gasteiger partial charge in [-0.05, 0) is 56.2 Å². The number of carbonyl (C=O) groups is 2. The Morgan fingerprint density at radius 2 is 1.71 bits per heavy atom. The zero-order valence-electron chi connectivity index (χ0n) is 13.9. The Morgan fingerprint density at radius 1 is 1.04 bits per heavy atom. The van der Waals surface area contributed by atoms with E-state index in [1.807, 2.05) is 26.0 Å². The lowest BCUT2D eigenvalue weighted by molar-refractivity contribution is -0.116. The number of aromatic nitrogens is 1. The van der Waals surface area contributed by atoms with Crippen molar-refractivity contribution in [3.63, 3.8) is 0 Å². The molecule has 1 aromatic carbocycles. The third kappa shape index (κ3) is 6.08. The van der Waals surface area contributed by atoms with Crippen molar-refractivity contribution in [1.29, 1.82) is 0 Å². The maximum Gasteiger partial charge on any atom is 0.319 e. The number of pyridine rings is 1. The van der Waals surface area contributed by atoms with E-state index in [9.17, 15) is 9.59 Å². The summed E-state index contributed by atoms with van der Waals surface area (Å²) in [6, 6.07) is 10.6. The highest BCUT2D eigenvalue weighted by atomic mass is 16.2. The summed E-state index contributed by atoms with van der Waals surface area (Å²) in [4.78, 5) is 27.6. The average Bonchev–Trinajstić information content (AvgIpc) is 2.55. The monoisotopic (exact) mass is 326 g/mol. The van der Waals surface area contributed by atoms with Crippen LogP contribution in [0.15, 0.2) is 48.8 Å². The molecule has 0 radical (unpaired) electrons. The molecule has 126 valence electrons. The van der Waals surface area contributed by atoms with Gasteiger partial charge in [-0.25, -0.2) is 4.79 Å². The number of hydrogen-bond donors (Lipinski definition) is 3. The highest BCUT2D eigenvalue weighted by molar-refractivity contribution is 5.92. The van der Waals surface area contributed by atoms with E-state index in [-0.39, 0.29) is 18.0 Å².